The summed E-state index contributed by atoms with van der Waals surface area (Å²) in [5.41, 5.74) is 2.84. The van der Waals surface area contributed by atoms with E-state index in [9.17, 15) is 9.90 Å². The third kappa shape index (κ3) is 6.23. The van der Waals surface area contributed by atoms with Gasteiger partial charge in [0.15, 0.2) is 0 Å². The number of fused-ring (bicyclic) bond motifs is 1. The van der Waals surface area contributed by atoms with Gasteiger partial charge in [-0.15, -0.1) is 0 Å². The molecule has 3 atom stereocenters. The van der Waals surface area contributed by atoms with Crippen LogP contribution in [-0.2, 0) is 11.2 Å². The van der Waals surface area contributed by atoms with Crippen LogP contribution in [0.5, 0.6) is 0 Å². The maximum atomic E-state index is 12.5. The molecule has 39 heavy (non-hydrogen) atoms. The van der Waals surface area contributed by atoms with Crippen molar-refractivity contribution in [2.45, 2.75) is 63.3 Å². The lowest BCUT2D eigenvalue weighted by Crippen LogP contribution is -2.46. The zero-order chi connectivity index (χ0) is 26.6. The number of hydrogen-bond donors (Lipinski definition) is 1. The summed E-state index contributed by atoms with van der Waals surface area (Å²) in [5.74, 6) is 1.33. The Bertz CT molecular complexity index is 1230. The molecule has 1 aliphatic carbocycles. The molecular weight excluding hydrogens is 480 g/mol. The highest BCUT2D eigenvalue weighted by atomic mass is 16.4. The molecule has 3 aromatic rings. The van der Waals surface area contributed by atoms with Crippen LogP contribution < -0.4 is 0 Å². The van der Waals surface area contributed by atoms with E-state index in [4.69, 9.17) is 0 Å². The highest BCUT2D eigenvalue weighted by Gasteiger charge is 2.43. The van der Waals surface area contributed by atoms with Crippen LogP contribution in [0.15, 0.2) is 72.8 Å². The van der Waals surface area contributed by atoms with E-state index in [0.29, 0.717) is 17.8 Å². The Morgan fingerprint density at radius 3 is 2.28 bits per heavy atom. The predicted molar refractivity (Wildman–Crippen MR) is 159 cm³/mol. The zero-order valence-corrected chi connectivity index (χ0v) is 23.3. The standard InChI is InChI=1S/C35H44N2O2/c38-35(39)34(30-12-5-2-6-13-30)37-24-32(33(25-37)29-10-3-1-4-11-29)23-36-19-17-26(18-20-36)21-27-15-16-28-9-7-8-14-31(28)22-27/h1,3-4,7-11,14-16,22,26,30,32-34H,2,5-6,12-13,17-21,23-25H2,(H,38,39)/t32-,33+,34+/m0/s1. The van der Waals surface area contributed by atoms with Gasteiger partial charge >= 0.3 is 5.97 Å². The third-order valence-corrected chi connectivity index (χ3v) is 9.98. The van der Waals surface area contributed by atoms with Crippen molar-refractivity contribution >= 4 is 16.7 Å². The molecule has 3 fully saturated rings. The number of benzene rings is 3. The van der Waals surface area contributed by atoms with E-state index < -0.39 is 5.97 Å². The van der Waals surface area contributed by atoms with E-state index in [1.807, 2.05) is 0 Å². The lowest BCUT2D eigenvalue weighted by Gasteiger charge is -2.35. The summed E-state index contributed by atoms with van der Waals surface area (Å²) in [6.07, 6.45) is 9.43. The van der Waals surface area contributed by atoms with Crippen LogP contribution in [0.3, 0.4) is 0 Å². The maximum absolute atomic E-state index is 12.5. The highest BCUT2D eigenvalue weighted by molar-refractivity contribution is 5.83. The number of hydrogen-bond acceptors (Lipinski definition) is 3. The van der Waals surface area contributed by atoms with E-state index in [2.05, 4.69) is 82.6 Å². The predicted octanol–water partition coefficient (Wildman–Crippen LogP) is 6.84. The molecule has 0 unspecified atom stereocenters. The van der Waals surface area contributed by atoms with Crippen LogP contribution in [0.4, 0.5) is 0 Å². The molecule has 206 valence electrons. The van der Waals surface area contributed by atoms with E-state index >= 15 is 0 Å². The minimum absolute atomic E-state index is 0.303. The number of carboxylic acids is 1. The van der Waals surface area contributed by atoms with Crippen molar-refractivity contribution in [1.82, 2.24) is 9.80 Å². The monoisotopic (exact) mass is 524 g/mol. The van der Waals surface area contributed by atoms with Crippen LogP contribution in [0, 0.1) is 17.8 Å². The molecule has 0 radical (unpaired) electrons. The average molecular weight is 525 g/mol. The molecule has 4 nitrogen and oxygen atoms in total. The molecule has 0 amide bonds. The Kier molecular flexibility index (Phi) is 8.32. The second kappa shape index (κ2) is 12.2. The zero-order valence-electron chi connectivity index (χ0n) is 23.3. The second-order valence-corrected chi connectivity index (χ2v) is 12.5. The molecule has 0 aromatic heterocycles. The fourth-order valence-corrected chi connectivity index (χ4v) is 7.90. The average Bonchev–Trinajstić information content (AvgIpc) is 3.38. The summed E-state index contributed by atoms with van der Waals surface area (Å²) in [5, 5.41) is 13.0. The molecule has 0 bridgehead atoms. The third-order valence-electron chi connectivity index (χ3n) is 9.98. The van der Waals surface area contributed by atoms with Gasteiger partial charge in [0.2, 0.25) is 0 Å². The number of aliphatic carboxylic acids is 1. The molecule has 1 N–H and O–H groups in total. The lowest BCUT2D eigenvalue weighted by atomic mass is 9.83. The SMILES string of the molecule is O=C(O)[C@@H](C1CCCCC1)N1C[C@H](CN2CCC(Cc3ccc4ccccc4c3)CC2)[C@@H](c2ccccc2)C1. The largest absolute Gasteiger partial charge is 0.480 e. The number of likely N-dealkylation sites (tertiary alicyclic amines) is 2. The molecule has 2 heterocycles. The molecule has 0 spiro atoms. The Morgan fingerprint density at radius 1 is 0.821 bits per heavy atom. The number of piperidine rings is 1. The first-order valence-corrected chi connectivity index (χ1v) is 15.4. The van der Waals surface area contributed by atoms with Gasteiger partial charge in [-0.1, -0.05) is 92.1 Å². The molecular formula is C35H44N2O2. The van der Waals surface area contributed by atoms with Crippen molar-refractivity contribution in [3.05, 3.63) is 83.9 Å². The number of nitrogens with zero attached hydrogens (tertiary/aromatic N) is 2. The van der Waals surface area contributed by atoms with Crippen molar-refractivity contribution in [3.8, 4) is 0 Å². The Hall–Kier alpha value is -2.69. The minimum Gasteiger partial charge on any atom is -0.480 e. The van der Waals surface area contributed by atoms with E-state index in [1.54, 1.807) is 0 Å². The Morgan fingerprint density at radius 2 is 1.54 bits per heavy atom. The van der Waals surface area contributed by atoms with Gasteiger partial charge in [0.1, 0.15) is 6.04 Å². The van der Waals surface area contributed by atoms with Crippen LogP contribution >= 0.6 is 0 Å². The van der Waals surface area contributed by atoms with Crippen LogP contribution in [0.25, 0.3) is 10.8 Å². The van der Waals surface area contributed by atoms with Gasteiger partial charge in [-0.05, 0) is 84.8 Å². The van der Waals surface area contributed by atoms with E-state index in [1.165, 1.54) is 60.4 Å². The molecule has 1 saturated carbocycles. The fraction of sp³-hybridized carbons (Fsp3) is 0.514. The molecule has 2 saturated heterocycles. The first kappa shape index (κ1) is 26.5. The summed E-state index contributed by atoms with van der Waals surface area (Å²) in [6.45, 7) is 5.17. The number of rotatable bonds is 8. The first-order valence-electron chi connectivity index (χ1n) is 15.4. The summed E-state index contributed by atoms with van der Waals surface area (Å²) in [4.78, 5) is 17.6. The van der Waals surface area contributed by atoms with Gasteiger partial charge in [0.25, 0.3) is 0 Å². The quantitative estimate of drug-likeness (QED) is 0.350. The lowest BCUT2D eigenvalue weighted by molar-refractivity contribution is -0.145. The van der Waals surface area contributed by atoms with Gasteiger partial charge in [-0.25, -0.2) is 0 Å². The van der Waals surface area contributed by atoms with Gasteiger partial charge in [-0.3, -0.25) is 9.69 Å². The number of carboxylic acid groups (broad SMARTS) is 1. The Balaban J connectivity index is 1.10. The maximum Gasteiger partial charge on any atom is 0.321 e. The van der Waals surface area contributed by atoms with Crippen molar-refractivity contribution in [2.24, 2.45) is 17.8 Å². The first-order chi connectivity index (χ1) is 19.1. The normalized spacial score (nSPS) is 24.7. The smallest absolute Gasteiger partial charge is 0.321 e. The fourth-order valence-electron chi connectivity index (χ4n) is 7.90. The highest BCUT2D eigenvalue weighted by Crippen LogP contribution is 2.39. The molecule has 3 aliphatic rings. The van der Waals surface area contributed by atoms with Crippen molar-refractivity contribution in [1.29, 1.82) is 0 Å². The molecule has 6 rings (SSSR count). The van der Waals surface area contributed by atoms with Crippen molar-refractivity contribution < 1.29 is 9.90 Å². The minimum atomic E-state index is -0.608. The van der Waals surface area contributed by atoms with E-state index in [0.717, 1.165) is 51.5 Å². The van der Waals surface area contributed by atoms with Crippen LogP contribution in [-0.4, -0.2) is 59.6 Å². The summed E-state index contributed by atoms with van der Waals surface area (Å²) in [6, 6.07) is 26.2. The molecule has 2 aliphatic heterocycles. The summed E-state index contributed by atoms with van der Waals surface area (Å²) >= 11 is 0. The molecule has 4 heteroatoms. The van der Waals surface area contributed by atoms with Gasteiger partial charge < -0.3 is 10.0 Å². The second-order valence-electron chi connectivity index (χ2n) is 12.5. The Labute approximate surface area is 234 Å². The van der Waals surface area contributed by atoms with Crippen molar-refractivity contribution in [3.63, 3.8) is 0 Å². The summed E-state index contributed by atoms with van der Waals surface area (Å²) < 4.78 is 0. The molecule has 3 aromatic carbocycles. The number of carbonyl (C=O) groups is 1. The van der Waals surface area contributed by atoms with E-state index in [-0.39, 0.29) is 6.04 Å². The van der Waals surface area contributed by atoms with Crippen LogP contribution in [0.1, 0.15) is 62.0 Å². The van der Waals surface area contributed by atoms with Gasteiger partial charge in [0, 0.05) is 25.6 Å². The van der Waals surface area contributed by atoms with Gasteiger partial charge in [-0.2, -0.15) is 0 Å². The van der Waals surface area contributed by atoms with Crippen LogP contribution in [0.2, 0.25) is 0 Å². The topological polar surface area (TPSA) is 43.8 Å². The van der Waals surface area contributed by atoms with Gasteiger partial charge in [0.05, 0.1) is 0 Å². The summed E-state index contributed by atoms with van der Waals surface area (Å²) in [7, 11) is 0. The van der Waals surface area contributed by atoms with Crippen molar-refractivity contribution in [2.75, 3.05) is 32.7 Å².